The van der Waals surface area contributed by atoms with Gasteiger partial charge in [-0.3, -0.25) is 4.84 Å². The Morgan fingerprint density at radius 3 is 2.07 bits per heavy atom. The summed E-state index contributed by atoms with van der Waals surface area (Å²) in [6.45, 7) is 2.86. The maximum atomic E-state index is 5.38. The normalized spacial score (nSPS) is 12.6. The Morgan fingerprint density at radius 1 is 1.21 bits per heavy atom. The second-order valence-electron chi connectivity index (χ2n) is 3.11. The van der Waals surface area contributed by atoms with E-state index in [2.05, 4.69) is 0 Å². The average molecular weight is 221 g/mol. The lowest BCUT2D eigenvalue weighted by atomic mass is 10.3. The van der Waals surface area contributed by atoms with Crippen molar-refractivity contribution in [3.8, 4) is 0 Å². The zero-order valence-electron chi connectivity index (χ0n) is 10.0. The molecule has 86 valence electrons. The van der Waals surface area contributed by atoms with E-state index in [-0.39, 0.29) is 0 Å². The molecule has 0 aromatic carbocycles. The molecular weight excluding hydrogens is 198 g/mol. The number of nitrogens with zero attached hydrogens (tertiary/aromatic N) is 1. The van der Waals surface area contributed by atoms with Gasteiger partial charge < -0.3 is 9.47 Å². The summed E-state index contributed by atoms with van der Waals surface area (Å²) in [6.07, 6.45) is 1.85. The fraction of sp³-hybridized carbons (Fsp3) is 1.00. The number of ether oxygens (including phenoxy) is 2. The Morgan fingerprint density at radius 2 is 1.79 bits per heavy atom. The van der Waals surface area contributed by atoms with Crippen LogP contribution in [-0.2, 0) is 14.3 Å². The summed E-state index contributed by atoms with van der Waals surface area (Å²) >= 11 is 0. The van der Waals surface area contributed by atoms with Crippen LogP contribution in [-0.4, -0.2) is 49.1 Å². The van der Waals surface area contributed by atoms with Crippen molar-refractivity contribution in [1.29, 1.82) is 0 Å². The predicted molar refractivity (Wildman–Crippen MR) is 60.1 cm³/mol. The second-order valence-corrected chi connectivity index (χ2v) is 4.11. The number of hydroxylamine groups is 2. The van der Waals surface area contributed by atoms with Crippen LogP contribution in [0.15, 0.2) is 0 Å². The molecule has 4 nitrogen and oxygen atoms in total. The Labute approximate surface area is 89.9 Å². The molecule has 14 heavy (non-hydrogen) atoms. The van der Waals surface area contributed by atoms with Gasteiger partial charge in [-0.25, -0.2) is 0 Å². The summed E-state index contributed by atoms with van der Waals surface area (Å²) in [7, 11) is 6.15. The molecule has 5 heteroatoms. The molecule has 0 fully saturated rings. The topological polar surface area (TPSA) is 30.9 Å². The quantitative estimate of drug-likeness (QED) is 0.337. The van der Waals surface area contributed by atoms with Crippen LogP contribution < -0.4 is 0 Å². The highest BCUT2D eigenvalue weighted by Crippen LogP contribution is 2.22. The van der Waals surface area contributed by atoms with Crippen LogP contribution in [0.5, 0.6) is 0 Å². The Bertz CT molecular complexity index is 134. The number of hydrogen-bond donors (Lipinski definition) is 0. The van der Waals surface area contributed by atoms with Crippen LogP contribution in [0.2, 0.25) is 6.04 Å². The number of hydrogen-bond acceptors (Lipinski definition) is 4. The molecule has 0 aliphatic heterocycles. The van der Waals surface area contributed by atoms with Crippen molar-refractivity contribution >= 4 is 10.2 Å². The Hall–Kier alpha value is 0.0569. The van der Waals surface area contributed by atoms with Crippen molar-refractivity contribution < 1.29 is 14.3 Å². The molecule has 0 aliphatic rings. The van der Waals surface area contributed by atoms with Crippen molar-refractivity contribution in [2.24, 2.45) is 0 Å². The van der Waals surface area contributed by atoms with Crippen LogP contribution in [0.1, 0.15) is 19.8 Å². The maximum absolute atomic E-state index is 5.38. The van der Waals surface area contributed by atoms with Gasteiger partial charge in [0.1, 0.15) is 0 Å². The van der Waals surface area contributed by atoms with E-state index in [9.17, 15) is 0 Å². The first-order chi connectivity index (χ1) is 6.70. The fourth-order valence-electron chi connectivity index (χ4n) is 1.45. The highest BCUT2D eigenvalue weighted by molar-refractivity contribution is 6.08. The van der Waals surface area contributed by atoms with Crippen molar-refractivity contribution in [1.82, 2.24) is 5.06 Å². The average Bonchev–Trinajstić information content (AvgIpc) is 2.25. The minimum atomic E-state index is -0.731. The van der Waals surface area contributed by atoms with Crippen molar-refractivity contribution in [3.05, 3.63) is 0 Å². The van der Waals surface area contributed by atoms with Gasteiger partial charge in [0, 0.05) is 37.4 Å². The van der Waals surface area contributed by atoms with Gasteiger partial charge in [0.05, 0.1) is 7.11 Å². The second kappa shape index (κ2) is 7.36. The highest BCUT2D eigenvalue weighted by atomic mass is 28.1. The van der Waals surface area contributed by atoms with E-state index >= 15 is 0 Å². The molecule has 0 spiro atoms. The summed E-state index contributed by atoms with van der Waals surface area (Å²) in [5, 5.41) is 1.77. The van der Waals surface area contributed by atoms with E-state index in [1.807, 2.05) is 6.92 Å². The number of rotatable bonds is 8. The molecule has 0 rings (SSSR count). The molecule has 0 radical (unpaired) electrons. The van der Waals surface area contributed by atoms with Gasteiger partial charge in [0.2, 0.25) is 0 Å². The molecule has 0 aromatic heterocycles. The van der Waals surface area contributed by atoms with Gasteiger partial charge in [0.15, 0.2) is 0 Å². The molecule has 0 N–H and O–H groups in total. The molecule has 0 aromatic rings. The molecule has 0 atom stereocenters. The van der Waals surface area contributed by atoms with E-state index in [0.29, 0.717) is 0 Å². The molecule has 0 saturated carbocycles. The largest absolute Gasteiger partial charge is 0.339 e. The molecule has 0 aliphatic carbocycles. The summed E-state index contributed by atoms with van der Waals surface area (Å²) in [5.41, 5.74) is 0. The third-order valence-electron chi connectivity index (χ3n) is 2.40. The Kier molecular flexibility index (Phi) is 7.39. The SMILES string of the molecule is CCC(OC)(OC)N(CCC[SiH3])OC. The molecule has 0 saturated heterocycles. The van der Waals surface area contributed by atoms with Gasteiger partial charge in [-0.05, 0) is 6.42 Å². The zero-order valence-corrected chi connectivity index (χ0v) is 12.0. The predicted octanol–water partition coefficient (Wildman–Crippen LogP) is 0.380. The van der Waals surface area contributed by atoms with Crippen molar-refractivity contribution in [2.45, 2.75) is 31.7 Å². The van der Waals surface area contributed by atoms with E-state index in [4.69, 9.17) is 14.3 Å². The first-order valence-electron chi connectivity index (χ1n) is 5.12. The number of methoxy groups -OCH3 is 2. The highest BCUT2D eigenvalue weighted by Gasteiger charge is 2.35. The molecule has 0 heterocycles. The van der Waals surface area contributed by atoms with Crippen LogP contribution in [0.4, 0.5) is 0 Å². The minimum Gasteiger partial charge on any atom is -0.339 e. The lowest BCUT2D eigenvalue weighted by Crippen LogP contribution is -2.51. The van der Waals surface area contributed by atoms with Crippen LogP contribution in [0, 0.1) is 0 Å². The fourth-order valence-corrected chi connectivity index (χ4v) is 1.77. The summed E-state index contributed by atoms with van der Waals surface area (Å²) in [4.78, 5) is 5.29. The molecule has 0 bridgehead atoms. The molecule has 0 amide bonds. The van der Waals surface area contributed by atoms with E-state index in [0.717, 1.165) is 19.4 Å². The van der Waals surface area contributed by atoms with Gasteiger partial charge in [-0.2, -0.15) is 0 Å². The van der Waals surface area contributed by atoms with Crippen molar-refractivity contribution in [3.63, 3.8) is 0 Å². The third kappa shape index (κ3) is 3.32. The summed E-state index contributed by atoms with van der Waals surface area (Å²) < 4.78 is 10.8. The smallest absolute Gasteiger partial charge is 0.251 e. The summed E-state index contributed by atoms with van der Waals surface area (Å²) in [5.74, 6) is -0.731. The van der Waals surface area contributed by atoms with Gasteiger partial charge in [-0.1, -0.05) is 13.0 Å². The lowest BCUT2D eigenvalue weighted by molar-refractivity contribution is -0.389. The van der Waals surface area contributed by atoms with Gasteiger partial charge in [0.25, 0.3) is 5.91 Å². The first-order valence-corrected chi connectivity index (χ1v) is 6.54. The molecule has 0 unspecified atom stereocenters. The van der Waals surface area contributed by atoms with E-state index < -0.39 is 5.91 Å². The maximum Gasteiger partial charge on any atom is 0.251 e. The monoisotopic (exact) mass is 221 g/mol. The summed E-state index contributed by atoms with van der Waals surface area (Å²) in [6, 6.07) is 1.26. The van der Waals surface area contributed by atoms with Crippen LogP contribution >= 0.6 is 0 Å². The van der Waals surface area contributed by atoms with Crippen LogP contribution in [0.25, 0.3) is 0 Å². The van der Waals surface area contributed by atoms with E-state index in [1.54, 1.807) is 26.4 Å². The first kappa shape index (κ1) is 14.1. The van der Waals surface area contributed by atoms with E-state index in [1.165, 1.54) is 16.3 Å². The third-order valence-corrected chi connectivity index (χ3v) is 3.11. The van der Waals surface area contributed by atoms with Crippen LogP contribution in [0.3, 0.4) is 0 Å². The van der Waals surface area contributed by atoms with Gasteiger partial charge >= 0.3 is 0 Å². The Balaban J connectivity index is 4.40. The minimum absolute atomic E-state index is 0.731. The molecular formula is C9H23NO3Si. The standard InChI is InChI=1S/C9H23NO3Si/c1-5-9(11-2,12-3)10(13-4)7-6-8-14/h5-8H2,1-4,14H3. The lowest BCUT2D eigenvalue weighted by Gasteiger charge is -2.38. The zero-order chi connectivity index (χ0) is 11.0. The van der Waals surface area contributed by atoms with Gasteiger partial charge in [-0.15, -0.1) is 5.06 Å². The van der Waals surface area contributed by atoms with Crippen molar-refractivity contribution in [2.75, 3.05) is 27.9 Å².